The summed E-state index contributed by atoms with van der Waals surface area (Å²) in [5.74, 6) is 0.0591. The van der Waals surface area contributed by atoms with Crippen LogP contribution < -0.4 is 5.32 Å². The number of piperidine rings is 1. The van der Waals surface area contributed by atoms with Crippen LogP contribution in [-0.4, -0.2) is 54.5 Å². The van der Waals surface area contributed by atoms with E-state index < -0.39 is 5.41 Å². The van der Waals surface area contributed by atoms with Gasteiger partial charge >= 0.3 is 0 Å². The Bertz CT molecular complexity index is 842. The van der Waals surface area contributed by atoms with Crippen LogP contribution in [0.3, 0.4) is 0 Å². The number of likely N-dealkylation sites (tertiary alicyclic amines) is 1. The maximum Gasteiger partial charge on any atom is 0.248 e. The van der Waals surface area contributed by atoms with Crippen molar-refractivity contribution in [2.75, 3.05) is 26.8 Å². The molecule has 1 aromatic heterocycles. The normalized spacial score (nSPS) is 15.8. The molecule has 160 valence electrons. The summed E-state index contributed by atoms with van der Waals surface area (Å²) in [6, 6.07) is 12.4. The van der Waals surface area contributed by atoms with Gasteiger partial charge in [-0.15, -0.1) is 0 Å². The highest BCUT2D eigenvalue weighted by Crippen LogP contribution is 2.36. The quantitative estimate of drug-likeness (QED) is 0.763. The first-order chi connectivity index (χ1) is 14.4. The number of nitrogens with one attached hydrogen (secondary N) is 1. The molecule has 1 aliphatic heterocycles. The second-order valence-corrected chi connectivity index (χ2v) is 8.34. The average Bonchev–Trinajstić information content (AvgIpc) is 2.75. The lowest BCUT2D eigenvalue weighted by Gasteiger charge is -2.41. The van der Waals surface area contributed by atoms with Gasteiger partial charge in [0.1, 0.15) is 6.61 Å². The molecule has 0 unspecified atom stereocenters. The monoisotopic (exact) mass is 409 g/mol. The number of methoxy groups -OCH3 is 1. The highest BCUT2D eigenvalue weighted by molar-refractivity contribution is 5.84. The molecule has 6 nitrogen and oxygen atoms in total. The molecule has 30 heavy (non-hydrogen) atoms. The lowest BCUT2D eigenvalue weighted by Crippen LogP contribution is -2.52. The molecule has 0 radical (unpaired) electrons. The number of nitrogens with zero attached hydrogens (tertiary/aromatic N) is 2. The number of amides is 2. The fourth-order valence-corrected chi connectivity index (χ4v) is 4.04. The van der Waals surface area contributed by atoms with Crippen LogP contribution in [0.4, 0.5) is 0 Å². The van der Waals surface area contributed by atoms with Crippen LogP contribution in [0.5, 0.6) is 0 Å². The third kappa shape index (κ3) is 5.25. The number of carbonyl (C=O) groups is 2. The molecular weight excluding hydrogens is 378 g/mol. The minimum Gasteiger partial charge on any atom is -0.375 e. The van der Waals surface area contributed by atoms with Crippen LogP contribution in [0.1, 0.15) is 32.3 Å². The van der Waals surface area contributed by atoms with Gasteiger partial charge in [-0.05, 0) is 55.9 Å². The molecule has 2 heterocycles. The average molecular weight is 410 g/mol. The van der Waals surface area contributed by atoms with Gasteiger partial charge < -0.3 is 15.0 Å². The topological polar surface area (TPSA) is 71.5 Å². The van der Waals surface area contributed by atoms with Gasteiger partial charge in [-0.25, -0.2) is 0 Å². The van der Waals surface area contributed by atoms with Crippen LogP contribution in [0.2, 0.25) is 0 Å². The number of pyridine rings is 1. The third-order valence-corrected chi connectivity index (χ3v) is 5.73. The van der Waals surface area contributed by atoms with Crippen molar-refractivity contribution in [1.82, 2.24) is 15.2 Å². The molecule has 2 amide bonds. The molecule has 0 aliphatic carbocycles. The molecule has 0 spiro atoms. The van der Waals surface area contributed by atoms with E-state index in [0.29, 0.717) is 32.4 Å². The number of ether oxygens (including phenoxy) is 1. The van der Waals surface area contributed by atoms with Crippen molar-refractivity contribution >= 4 is 11.8 Å². The van der Waals surface area contributed by atoms with E-state index >= 15 is 0 Å². The van der Waals surface area contributed by atoms with Gasteiger partial charge in [-0.2, -0.15) is 0 Å². The molecule has 3 rings (SSSR count). The first-order valence-electron chi connectivity index (χ1n) is 10.5. The van der Waals surface area contributed by atoms with Gasteiger partial charge in [0.05, 0.1) is 5.41 Å². The smallest absolute Gasteiger partial charge is 0.248 e. The lowest BCUT2D eigenvalue weighted by atomic mass is 9.72. The van der Waals surface area contributed by atoms with Gasteiger partial charge in [0.15, 0.2) is 0 Å². The zero-order valence-corrected chi connectivity index (χ0v) is 18.1. The summed E-state index contributed by atoms with van der Waals surface area (Å²) in [4.78, 5) is 31.3. The van der Waals surface area contributed by atoms with Crippen LogP contribution >= 0.6 is 0 Å². The van der Waals surface area contributed by atoms with Gasteiger partial charge in [-0.1, -0.05) is 30.3 Å². The summed E-state index contributed by atoms with van der Waals surface area (Å²) in [5.41, 5.74) is 2.79. The maximum atomic E-state index is 13.2. The minimum atomic E-state index is -0.510. The van der Waals surface area contributed by atoms with E-state index in [9.17, 15) is 9.59 Å². The Labute approximate surface area is 178 Å². The van der Waals surface area contributed by atoms with E-state index in [1.54, 1.807) is 11.1 Å². The summed E-state index contributed by atoms with van der Waals surface area (Å²) in [6.07, 6.45) is 5.56. The highest BCUT2D eigenvalue weighted by Gasteiger charge is 2.42. The molecule has 1 saturated heterocycles. The predicted molar refractivity (Wildman–Crippen MR) is 117 cm³/mol. The van der Waals surface area contributed by atoms with Gasteiger partial charge in [-0.3, -0.25) is 14.6 Å². The number of hydrogen-bond donors (Lipinski definition) is 1. The molecule has 1 N–H and O–H groups in total. The van der Waals surface area contributed by atoms with E-state index in [-0.39, 0.29) is 24.5 Å². The number of rotatable bonds is 7. The number of aromatic nitrogens is 1. The van der Waals surface area contributed by atoms with Crippen LogP contribution in [-0.2, 0) is 20.7 Å². The van der Waals surface area contributed by atoms with E-state index in [4.69, 9.17) is 4.74 Å². The summed E-state index contributed by atoms with van der Waals surface area (Å²) in [5, 5.41) is 3.10. The predicted octanol–water partition coefficient (Wildman–Crippen LogP) is 3.07. The largest absolute Gasteiger partial charge is 0.375 e. The lowest BCUT2D eigenvalue weighted by molar-refractivity contribution is -0.143. The Morgan fingerprint density at radius 2 is 1.83 bits per heavy atom. The van der Waals surface area contributed by atoms with Crippen LogP contribution in [0.15, 0.2) is 48.8 Å². The second kappa shape index (κ2) is 9.85. The fourth-order valence-electron chi connectivity index (χ4n) is 4.04. The van der Waals surface area contributed by atoms with Crippen molar-refractivity contribution < 1.29 is 14.3 Å². The van der Waals surface area contributed by atoms with Crippen molar-refractivity contribution in [2.24, 2.45) is 5.41 Å². The van der Waals surface area contributed by atoms with Crippen molar-refractivity contribution in [3.8, 4) is 11.1 Å². The van der Waals surface area contributed by atoms with Crippen molar-refractivity contribution in [2.45, 2.75) is 39.2 Å². The van der Waals surface area contributed by atoms with Crippen LogP contribution in [0, 0.1) is 5.41 Å². The maximum absolute atomic E-state index is 13.2. The Morgan fingerprint density at radius 3 is 2.40 bits per heavy atom. The zero-order valence-electron chi connectivity index (χ0n) is 18.1. The van der Waals surface area contributed by atoms with Gasteiger partial charge in [0, 0.05) is 38.6 Å². The third-order valence-electron chi connectivity index (χ3n) is 5.73. The van der Waals surface area contributed by atoms with Crippen molar-refractivity contribution in [3.05, 3.63) is 54.4 Å². The molecule has 0 atom stereocenters. The summed E-state index contributed by atoms with van der Waals surface area (Å²) < 4.78 is 4.98. The highest BCUT2D eigenvalue weighted by atomic mass is 16.5. The zero-order chi connectivity index (χ0) is 21.6. The summed E-state index contributed by atoms with van der Waals surface area (Å²) in [7, 11) is 1.53. The van der Waals surface area contributed by atoms with E-state index in [1.165, 1.54) is 7.11 Å². The molecule has 1 aliphatic rings. The molecule has 1 aromatic carbocycles. The van der Waals surface area contributed by atoms with Crippen LogP contribution in [0.25, 0.3) is 11.1 Å². The SMILES string of the molecule is COCC(=O)N1CCC(Cc2ccc(-c3cccnc3)cc2)(C(=O)NC(C)C)CC1. The number of hydrogen-bond acceptors (Lipinski definition) is 4. The van der Waals surface area contributed by atoms with E-state index in [1.807, 2.05) is 32.2 Å². The molecule has 0 saturated carbocycles. The fraction of sp³-hybridized carbons (Fsp3) is 0.458. The van der Waals surface area contributed by atoms with Crippen molar-refractivity contribution in [3.63, 3.8) is 0 Å². The first-order valence-corrected chi connectivity index (χ1v) is 10.5. The molecule has 2 aromatic rings. The standard InChI is InChI=1S/C24H31N3O3/c1-18(2)26-23(29)24(10-13-27(14-11-24)22(28)17-30-3)15-19-6-8-20(9-7-19)21-5-4-12-25-16-21/h4-9,12,16,18H,10-11,13-15,17H2,1-3H3,(H,26,29). The Hall–Kier alpha value is -2.73. The summed E-state index contributed by atoms with van der Waals surface area (Å²) in [6.45, 7) is 5.18. The first kappa shape index (κ1) is 22.0. The Balaban J connectivity index is 1.76. The van der Waals surface area contributed by atoms with E-state index in [0.717, 1.165) is 16.7 Å². The second-order valence-electron chi connectivity index (χ2n) is 8.34. The molecular formula is C24H31N3O3. The molecule has 0 bridgehead atoms. The minimum absolute atomic E-state index is 0.0174. The van der Waals surface area contributed by atoms with Gasteiger partial charge in [0.25, 0.3) is 0 Å². The molecule has 1 fully saturated rings. The van der Waals surface area contributed by atoms with Crippen molar-refractivity contribution in [1.29, 1.82) is 0 Å². The number of benzene rings is 1. The van der Waals surface area contributed by atoms with Gasteiger partial charge in [0.2, 0.25) is 11.8 Å². The number of carbonyl (C=O) groups excluding carboxylic acids is 2. The molecule has 6 heteroatoms. The Kier molecular flexibility index (Phi) is 7.21. The summed E-state index contributed by atoms with van der Waals surface area (Å²) >= 11 is 0. The van der Waals surface area contributed by atoms with E-state index in [2.05, 4.69) is 34.6 Å². The Morgan fingerprint density at radius 1 is 1.13 bits per heavy atom.